The molecule has 3 aromatic carbocycles. The van der Waals surface area contributed by atoms with Crippen LogP contribution in [-0.2, 0) is 9.59 Å². The van der Waals surface area contributed by atoms with Crippen molar-refractivity contribution in [1.82, 2.24) is 0 Å². The summed E-state index contributed by atoms with van der Waals surface area (Å²) in [5, 5.41) is 9.73. The van der Waals surface area contributed by atoms with Gasteiger partial charge < -0.3 is 9.47 Å². The number of aryl methyl sites for hydroxylation is 2. The van der Waals surface area contributed by atoms with E-state index in [1.807, 2.05) is 19.9 Å². The molecule has 0 aliphatic carbocycles. The number of carbonyl (C=O) groups excluding carboxylic acids is 2. The zero-order chi connectivity index (χ0) is 28.4. The molecule has 198 valence electrons. The third-order valence-corrected chi connectivity index (χ3v) is 7.69. The first-order chi connectivity index (χ1) is 18.6. The lowest BCUT2D eigenvalue weighted by molar-refractivity contribution is -0.120. The number of methoxy groups -OCH3 is 1. The Labute approximate surface area is 249 Å². The van der Waals surface area contributed by atoms with Crippen molar-refractivity contribution in [3.8, 4) is 17.6 Å². The summed E-state index contributed by atoms with van der Waals surface area (Å²) in [5.74, 6) is -0.629. The van der Waals surface area contributed by atoms with E-state index in [2.05, 4.69) is 15.9 Å². The minimum absolute atomic E-state index is 0.0407. The van der Waals surface area contributed by atoms with E-state index in [0.29, 0.717) is 43.0 Å². The fourth-order valence-electron chi connectivity index (χ4n) is 3.86. The number of thiocarbonyl (C=S) groups is 1. The molecule has 7 nitrogen and oxygen atoms in total. The van der Waals surface area contributed by atoms with Crippen LogP contribution in [0.5, 0.6) is 11.5 Å². The number of nitriles is 1. The fraction of sp³-hybridized carbons (Fsp3) is 0.143. The Morgan fingerprint density at radius 2 is 1.51 bits per heavy atom. The van der Waals surface area contributed by atoms with Gasteiger partial charge in [0.05, 0.1) is 23.0 Å². The van der Waals surface area contributed by atoms with Crippen molar-refractivity contribution in [3.05, 3.63) is 85.3 Å². The van der Waals surface area contributed by atoms with Gasteiger partial charge in [-0.1, -0.05) is 35.3 Å². The van der Waals surface area contributed by atoms with Crippen LogP contribution in [0.4, 0.5) is 11.4 Å². The minimum Gasteiger partial charge on any atom is -0.493 e. The number of amides is 2. The topological polar surface area (TPSA) is 82.9 Å². The number of hydrogen-bond acceptors (Lipinski definition) is 6. The molecule has 0 bridgehead atoms. The van der Waals surface area contributed by atoms with Crippen molar-refractivity contribution in [2.75, 3.05) is 23.5 Å². The van der Waals surface area contributed by atoms with Crippen molar-refractivity contribution >= 4 is 85.7 Å². The lowest BCUT2D eigenvalue weighted by atomic mass is 10.0. The first-order valence-corrected chi connectivity index (χ1v) is 13.4. The Hall–Kier alpha value is -3.42. The standard InChI is InChI=1S/C28H20BrCl2N3O4S/c1-15-4-6-18(13-22(15)30)33-26(35)20(10-17-11-21(29)25(38-9-8-32)24(12-17)37-3)27(36)34(28(33)39)19-7-5-16(2)23(31)14-19/h4-7,10-14H,9H2,1-3H3. The Bertz CT molecular complexity index is 1530. The maximum Gasteiger partial charge on any atom is 0.270 e. The number of nitrogens with zero attached hydrogens (tertiary/aromatic N) is 3. The molecule has 1 heterocycles. The van der Waals surface area contributed by atoms with Crippen LogP contribution in [0.25, 0.3) is 6.08 Å². The van der Waals surface area contributed by atoms with Gasteiger partial charge in [0, 0.05) is 10.0 Å². The first-order valence-electron chi connectivity index (χ1n) is 11.4. The van der Waals surface area contributed by atoms with Crippen LogP contribution in [0.15, 0.2) is 58.6 Å². The van der Waals surface area contributed by atoms with Gasteiger partial charge in [0.15, 0.2) is 23.2 Å². The van der Waals surface area contributed by atoms with Crippen molar-refractivity contribution in [3.63, 3.8) is 0 Å². The van der Waals surface area contributed by atoms with Gasteiger partial charge in [0.25, 0.3) is 11.8 Å². The van der Waals surface area contributed by atoms with Crippen molar-refractivity contribution in [2.45, 2.75) is 13.8 Å². The number of halogens is 3. The molecule has 11 heteroatoms. The highest BCUT2D eigenvalue weighted by Crippen LogP contribution is 2.38. The van der Waals surface area contributed by atoms with Crippen LogP contribution in [0.1, 0.15) is 16.7 Å². The SMILES string of the molecule is COc1cc(C=C2C(=O)N(c3ccc(C)c(Cl)c3)C(=S)N(c3ccc(C)c(Cl)c3)C2=O)cc(Br)c1OCC#N. The van der Waals surface area contributed by atoms with Gasteiger partial charge in [0.1, 0.15) is 11.6 Å². The van der Waals surface area contributed by atoms with E-state index in [4.69, 9.17) is 50.2 Å². The number of rotatable bonds is 6. The zero-order valence-electron chi connectivity index (χ0n) is 20.9. The molecule has 0 unspecified atom stereocenters. The van der Waals surface area contributed by atoms with E-state index in [9.17, 15) is 9.59 Å². The number of hydrogen-bond donors (Lipinski definition) is 0. The summed E-state index contributed by atoms with van der Waals surface area (Å²) in [6, 6.07) is 15.3. The van der Waals surface area contributed by atoms with Gasteiger partial charge in [-0.05, 0) is 101 Å². The monoisotopic (exact) mass is 643 g/mol. The van der Waals surface area contributed by atoms with E-state index in [0.717, 1.165) is 11.1 Å². The summed E-state index contributed by atoms with van der Waals surface area (Å²) in [4.78, 5) is 30.2. The molecule has 39 heavy (non-hydrogen) atoms. The second kappa shape index (κ2) is 11.8. The molecular weight excluding hydrogens is 625 g/mol. The minimum atomic E-state index is -0.626. The predicted octanol–water partition coefficient (Wildman–Crippen LogP) is 7.03. The lowest BCUT2D eigenvalue weighted by Crippen LogP contribution is -2.57. The van der Waals surface area contributed by atoms with Crippen LogP contribution in [-0.4, -0.2) is 30.6 Å². The Morgan fingerprint density at radius 3 is 1.97 bits per heavy atom. The third-order valence-electron chi connectivity index (χ3n) is 5.92. The van der Waals surface area contributed by atoms with E-state index in [1.165, 1.54) is 23.0 Å². The molecule has 1 aliphatic heterocycles. The molecule has 0 spiro atoms. The maximum absolute atomic E-state index is 13.8. The van der Waals surface area contributed by atoms with Gasteiger partial charge in [0.2, 0.25) is 0 Å². The number of carbonyl (C=O) groups is 2. The molecule has 0 radical (unpaired) electrons. The highest BCUT2D eigenvalue weighted by molar-refractivity contribution is 9.10. The number of benzene rings is 3. The summed E-state index contributed by atoms with van der Waals surface area (Å²) in [6.07, 6.45) is 1.44. The number of anilines is 2. The molecular formula is C28H20BrCl2N3O4S. The van der Waals surface area contributed by atoms with Gasteiger partial charge in [-0.15, -0.1) is 0 Å². The molecule has 1 aliphatic rings. The summed E-state index contributed by atoms with van der Waals surface area (Å²) >= 11 is 21.8. The van der Waals surface area contributed by atoms with Gasteiger partial charge >= 0.3 is 0 Å². The molecule has 3 aromatic rings. The van der Waals surface area contributed by atoms with Crippen LogP contribution in [0, 0.1) is 25.2 Å². The van der Waals surface area contributed by atoms with Crippen molar-refractivity contribution in [2.24, 2.45) is 0 Å². The average Bonchev–Trinajstić information content (AvgIpc) is 2.89. The molecule has 4 rings (SSSR count). The number of ether oxygens (including phenoxy) is 2. The quantitative estimate of drug-likeness (QED) is 0.163. The third kappa shape index (κ3) is 5.65. The molecule has 1 fully saturated rings. The van der Waals surface area contributed by atoms with Crippen molar-refractivity contribution in [1.29, 1.82) is 5.26 Å². The van der Waals surface area contributed by atoms with Crippen molar-refractivity contribution < 1.29 is 19.1 Å². The normalized spacial score (nSPS) is 13.5. The van der Waals surface area contributed by atoms with Crippen LogP contribution in [0.3, 0.4) is 0 Å². The van der Waals surface area contributed by atoms with Gasteiger partial charge in [-0.25, -0.2) is 0 Å². The lowest BCUT2D eigenvalue weighted by Gasteiger charge is -2.36. The highest BCUT2D eigenvalue weighted by atomic mass is 79.9. The fourth-order valence-corrected chi connectivity index (χ4v) is 5.16. The Morgan fingerprint density at radius 1 is 0.974 bits per heavy atom. The van der Waals surface area contributed by atoms with Gasteiger partial charge in [-0.3, -0.25) is 19.4 Å². The molecule has 0 N–H and O–H groups in total. The Kier molecular flexibility index (Phi) is 8.62. The molecule has 0 atom stereocenters. The largest absolute Gasteiger partial charge is 0.493 e. The Balaban J connectivity index is 1.89. The summed E-state index contributed by atoms with van der Waals surface area (Å²) in [5.41, 5.74) is 2.76. The molecule has 0 saturated carbocycles. The van der Waals surface area contributed by atoms with E-state index < -0.39 is 11.8 Å². The predicted molar refractivity (Wildman–Crippen MR) is 160 cm³/mol. The van der Waals surface area contributed by atoms with E-state index in [1.54, 1.807) is 48.5 Å². The molecule has 0 aromatic heterocycles. The second-order valence-corrected chi connectivity index (χ2v) is 10.5. The van der Waals surface area contributed by atoms with Gasteiger partial charge in [-0.2, -0.15) is 5.26 Å². The molecule has 1 saturated heterocycles. The summed E-state index contributed by atoms with van der Waals surface area (Å²) in [7, 11) is 1.44. The average molecular weight is 645 g/mol. The highest BCUT2D eigenvalue weighted by Gasteiger charge is 2.41. The zero-order valence-corrected chi connectivity index (χ0v) is 24.8. The van der Waals surface area contributed by atoms with E-state index in [-0.39, 0.29) is 17.3 Å². The second-order valence-electron chi connectivity index (χ2n) is 8.47. The summed E-state index contributed by atoms with van der Waals surface area (Å²) in [6.45, 7) is 3.49. The first kappa shape index (κ1) is 28.6. The van der Waals surface area contributed by atoms with E-state index >= 15 is 0 Å². The molecule has 2 amide bonds. The van der Waals surface area contributed by atoms with Crippen LogP contribution in [0.2, 0.25) is 10.0 Å². The maximum atomic E-state index is 13.8. The smallest absolute Gasteiger partial charge is 0.270 e. The van der Waals surface area contributed by atoms with Crippen LogP contribution >= 0.6 is 51.3 Å². The summed E-state index contributed by atoms with van der Waals surface area (Å²) < 4.78 is 11.3. The van der Waals surface area contributed by atoms with Crippen LogP contribution < -0.4 is 19.3 Å².